The number of aliphatic hydroxyl groups excluding tert-OH is 1. The van der Waals surface area contributed by atoms with Gasteiger partial charge >= 0.3 is 0 Å². The average Bonchev–Trinajstić information content (AvgIpc) is 2.88. The Morgan fingerprint density at radius 3 is 2.30 bits per heavy atom. The first-order valence-corrected chi connectivity index (χ1v) is 8.22. The van der Waals surface area contributed by atoms with Gasteiger partial charge in [-0.2, -0.15) is 0 Å². The number of nitrogens with zero attached hydrogens (tertiary/aromatic N) is 2. The maximum atomic E-state index is 13.3. The van der Waals surface area contributed by atoms with Crippen LogP contribution in [0.15, 0.2) is 18.2 Å². The number of hydrogen-bond donors (Lipinski definition) is 1. The summed E-state index contributed by atoms with van der Waals surface area (Å²) in [4.78, 5) is 4.56. The predicted molar refractivity (Wildman–Crippen MR) is 83.0 cm³/mol. The van der Waals surface area contributed by atoms with Crippen LogP contribution >= 0.6 is 0 Å². The first-order chi connectivity index (χ1) is 11.1. The van der Waals surface area contributed by atoms with Crippen LogP contribution in [0.4, 0.5) is 8.78 Å². The molecule has 1 N–H and O–H groups in total. The number of halogens is 2. The van der Waals surface area contributed by atoms with Gasteiger partial charge in [-0.25, -0.2) is 8.78 Å². The maximum Gasteiger partial charge on any atom is 0.126 e. The Kier molecular flexibility index (Phi) is 5.58. The molecule has 4 nitrogen and oxygen atoms in total. The maximum absolute atomic E-state index is 13.3. The third kappa shape index (κ3) is 4.47. The molecule has 2 aliphatic heterocycles. The van der Waals surface area contributed by atoms with Gasteiger partial charge in [0, 0.05) is 51.9 Å². The van der Waals surface area contributed by atoms with Crippen molar-refractivity contribution in [3.05, 3.63) is 35.4 Å². The molecule has 2 aliphatic rings. The van der Waals surface area contributed by atoms with E-state index in [9.17, 15) is 13.9 Å². The van der Waals surface area contributed by atoms with Crippen LogP contribution in [0.3, 0.4) is 0 Å². The zero-order valence-electron chi connectivity index (χ0n) is 13.3. The van der Waals surface area contributed by atoms with Crippen molar-refractivity contribution in [2.45, 2.75) is 6.54 Å². The summed E-state index contributed by atoms with van der Waals surface area (Å²) in [5, 5.41) is 9.65. The van der Waals surface area contributed by atoms with Gasteiger partial charge in [0.05, 0.1) is 13.2 Å². The summed E-state index contributed by atoms with van der Waals surface area (Å²) in [6.07, 6.45) is 0. The van der Waals surface area contributed by atoms with E-state index >= 15 is 0 Å². The molecule has 6 heteroatoms. The molecule has 2 atom stereocenters. The van der Waals surface area contributed by atoms with E-state index in [1.165, 1.54) is 12.1 Å². The highest BCUT2D eigenvalue weighted by Crippen LogP contribution is 2.26. The zero-order valence-corrected chi connectivity index (χ0v) is 13.3. The summed E-state index contributed by atoms with van der Waals surface area (Å²) in [6.45, 7) is 6.64. The van der Waals surface area contributed by atoms with Crippen LogP contribution in [0, 0.1) is 23.5 Å². The molecule has 0 radical (unpaired) electrons. The number of hydrogen-bond acceptors (Lipinski definition) is 4. The Labute approximate surface area is 135 Å². The van der Waals surface area contributed by atoms with Crippen LogP contribution in [0.1, 0.15) is 5.56 Å². The van der Waals surface area contributed by atoms with Crippen molar-refractivity contribution in [1.29, 1.82) is 0 Å². The first kappa shape index (κ1) is 16.8. The number of ether oxygens (including phenoxy) is 1. The monoisotopic (exact) mass is 326 g/mol. The van der Waals surface area contributed by atoms with E-state index in [4.69, 9.17) is 4.74 Å². The molecule has 0 aliphatic carbocycles. The Bertz CT molecular complexity index is 503. The Balaban J connectivity index is 1.59. The van der Waals surface area contributed by atoms with Crippen LogP contribution in [0.5, 0.6) is 0 Å². The molecule has 23 heavy (non-hydrogen) atoms. The van der Waals surface area contributed by atoms with Gasteiger partial charge in [-0.15, -0.1) is 0 Å². The topological polar surface area (TPSA) is 35.9 Å². The fraction of sp³-hybridized carbons (Fsp3) is 0.647. The molecule has 128 valence electrons. The van der Waals surface area contributed by atoms with Gasteiger partial charge in [-0.1, -0.05) is 0 Å². The molecular weight excluding hydrogens is 302 g/mol. The molecule has 2 saturated heterocycles. The lowest BCUT2D eigenvalue weighted by atomic mass is 9.96. The Morgan fingerprint density at radius 1 is 1.00 bits per heavy atom. The van der Waals surface area contributed by atoms with Gasteiger partial charge in [0.2, 0.25) is 0 Å². The normalized spacial score (nSPS) is 26.7. The molecular formula is C17H24F2N2O2. The summed E-state index contributed by atoms with van der Waals surface area (Å²) >= 11 is 0. The highest BCUT2D eigenvalue weighted by Gasteiger charge is 2.33. The molecule has 3 rings (SSSR count). The van der Waals surface area contributed by atoms with Crippen molar-refractivity contribution in [2.24, 2.45) is 11.8 Å². The second-order valence-electron chi connectivity index (χ2n) is 6.59. The van der Waals surface area contributed by atoms with Gasteiger partial charge in [0.25, 0.3) is 0 Å². The smallest absolute Gasteiger partial charge is 0.126 e. The first-order valence-electron chi connectivity index (χ1n) is 8.22. The van der Waals surface area contributed by atoms with E-state index in [2.05, 4.69) is 9.80 Å². The molecule has 2 heterocycles. The molecule has 0 spiro atoms. The summed E-state index contributed by atoms with van der Waals surface area (Å²) in [5.74, 6) is -0.474. The number of benzene rings is 1. The van der Waals surface area contributed by atoms with Crippen molar-refractivity contribution in [1.82, 2.24) is 9.80 Å². The fourth-order valence-electron chi connectivity index (χ4n) is 3.65. The Morgan fingerprint density at radius 2 is 1.65 bits per heavy atom. The van der Waals surface area contributed by atoms with Gasteiger partial charge in [-0.05, 0) is 29.5 Å². The SMILES string of the molecule is OC[C@H]1CN(Cc2cc(F)cc(F)c2)C[C@H]1CN1CCOCC1. The van der Waals surface area contributed by atoms with Crippen molar-refractivity contribution < 1.29 is 18.6 Å². The molecule has 0 aromatic heterocycles. The highest BCUT2D eigenvalue weighted by molar-refractivity contribution is 5.18. The van der Waals surface area contributed by atoms with Crippen LogP contribution in [-0.4, -0.2) is 67.5 Å². The fourth-order valence-corrected chi connectivity index (χ4v) is 3.65. The molecule has 0 saturated carbocycles. The second-order valence-corrected chi connectivity index (χ2v) is 6.59. The van der Waals surface area contributed by atoms with E-state index in [1.807, 2.05) is 0 Å². The van der Waals surface area contributed by atoms with Gasteiger partial charge in [0.1, 0.15) is 11.6 Å². The van der Waals surface area contributed by atoms with Crippen LogP contribution < -0.4 is 0 Å². The number of likely N-dealkylation sites (tertiary alicyclic amines) is 1. The number of rotatable bonds is 5. The molecule has 1 aromatic carbocycles. The van der Waals surface area contributed by atoms with E-state index in [0.29, 0.717) is 18.0 Å². The third-order valence-electron chi connectivity index (χ3n) is 4.81. The van der Waals surface area contributed by atoms with Crippen LogP contribution in [-0.2, 0) is 11.3 Å². The van der Waals surface area contributed by atoms with Crippen molar-refractivity contribution in [3.8, 4) is 0 Å². The standard InChI is InChI=1S/C17H24F2N2O2/c18-16-5-13(6-17(19)7-16)8-21-10-14(15(11-21)12-22)9-20-1-3-23-4-2-20/h5-7,14-15,22H,1-4,8-12H2/t14-,15-/m1/s1. The minimum absolute atomic E-state index is 0.156. The molecule has 1 aromatic rings. The highest BCUT2D eigenvalue weighted by atomic mass is 19.1. The van der Waals surface area contributed by atoms with Gasteiger partial charge in [0.15, 0.2) is 0 Å². The summed E-state index contributed by atoms with van der Waals surface area (Å²) < 4.78 is 32.0. The van der Waals surface area contributed by atoms with Crippen molar-refractivity contribution in [3.63, 3.8) is 0 Å². The molecule has 0 bridgehead atoms. The number of aliphatic hydroxyl groups is 1. The van der Waals surface area contributed by atoms with Crippen molar-refractivity contribution >= 4 is 0 Å². The zero-order chi connectivity index (χ0) is 16.2. The van der Waals surface area contributed by atoms with E-state index in [0.717, 1.165) is 52.0 Å². The van der Waals surface area contributed by atoms with Gasteiger partial charge in [-0.3, -0.25) is 9.80 Å². The van der Waals surface area contributed by atoms with E-state index in [1.54, 1.807) is 0 Å². The van der Waals surface area contributed by atoms with Crippen LogP contribution in [0.2, 0.25) is 0 Å². The predicted octanol–water partition coefficient (Wildman–Crippen LogP) is 1.34. The molecule has 0 unspecified atom stereocenters. The van der Waals surface area contributed by atoms with Crippen molar-refractivity contribution in [2.75, 3.05) is 52.5 Å². The minimum atomic E-state index is -0.539. The summed E-state index contributed by atoms with van der Waals surface area (Å²) in [6, 6.07) is 3.66. The molecule has 0 amide bonds. The summed E-state index contributed by atoms with van der Waals surface area (Å²) in [7, 11) is 0. The molecule has 2 fully saturated rings. The largest absolute Gasteiger partial charge is 0.396 e. The summed E-state index contributed by atoms with van der Waals surface area (Å²) in [5.41, 5.74) is 0.645. The van der Waals surface area contributed by atoms with E-state index in [-0.39, 0.29) is 12.5 Å². The van der Waals surface area contributed by atoms with Crippen LogP contribution in [0.25, 0.3) is 0 Å². The lowest BCUT2D eigenvalue weighted by Crippen LogP contribution is -2.41. The third-order valence-corrected chi connectivity index (χ3v) is 4.81. The second kappa shape index (κ2) is 7.66. The van der Waals surface area contributed by atoms with Gasteiger partial charge < -0.3 is 9.84 Å². The number of morpholine rings is 1. The lowest BCUT2D eigenvalue weighted by Gasteiger charge is -2.30. The quantitative estimate of drug-likeness (QED) is 0.886. The van der Waals surface area contributed by atoms with E-state index < -0.39 is 11.6 Å². The Hall–Kier alpha value is -1.08. The average molecular weight is 326 g/mol. The minimum Gasteiger partial charge on any atom is -0.396 e. The lowest BCUT2D eigenvalue weighted by molar-refractivity contribution is 0.0264.